The van der Waals surface area contributed by atoms with Gasteiger partial charge in [0.25, 0.3) is 0 Å². The van der Waals surface area contributed by atoms with Crippen LogP contribution in [-0.4, -0.2) is 19.6 Å². The van der Waals surface area contributed by atoms with E-state index in [-0.39, 0.29) is 5.91 Å². The molecular weight excluding hydrogens is 300 g/mol. The SMILES string of the molecule is COc1ccc(C)cc1NCCC(=O)Nc1ccccc1Cl. The largest absolute Gasteiger partial charge is 0.495 e. The average molecular weight is 319 g/mol. The van der Waals surface area contributed by atoms with Gasteiger partial charge in [0.05, 0.1) is 23.5 Å². The van der Waals surface area contributed by atoms with Crippen LogP contribution < -0.4 is 15.4 Å². The smallest absolute Gasteiger partial charge is 0.226 e. The molecule has 0 saturated carbocycles. The van der Waals surface area contributed by atoms with E-state index in [1.54, 1.807) is 19.2 Å². The van der Waals surface area contributed by atoms with E-state index in [0.717, 1.165) is 17.0 Å². The van der Waals surface area contributed by atoms with Gasteiger partial charge < -0.3 is 15.4 Å². The summed E-state index contributed by atoms with van der Waals surface area (Å²) in [6.07, 6.45) is 0.336. The number of methoxy groups -OCH3 is 1. The van der Waals surface area contributed by atoms with Crippen LogP contribution in [-0.2, 0) is 4.79 Å². The number of aryl methyl sites for hydroxylation is 1. The number of rotatable bonds is 6. The summed E-state index contributed by atoms with van der Waals surface area (Å²) in [6, 6.07) is 13.0. The third kappa shape index (κ3) is 4.40. The van der Waals surface area contributed by atoms with Crippen molar-refractivity contribution in [2.24, 2.45) is 0 Å². The first kappa shape index (κ1) is 16.2. The maximum Gasteiger partial charge on any atom is 0.226 e. The van der Waals surface area contributed by atoms with E-state index in [4.69, 9.17) is 16.3 Å². The zero-order valence-corrected chi connectivity index (χ0v) is 13.4. The fourth-order valence-corrected chi connectivity index (χ4v) is 2.23. The zero-order valence-electron chi connectivity index (χ0n) is 12.7. The molecule has 0 aliphatic heterocycles. The summed E-state index contributed by atoms with van der Waals surface area (Å²) in [6.45, 7) is 2.52. The Bertz CT molecular complexity index is 659. The van der Waals surface area contributed by atoms with Crippen LogP contribution in [0.2, 0.25) is 5.02 Å². The standard InChI is InChI=1S/C17H19ClN2O2/c1-12-7-8-16(22-2)15(11-12)19-10-9-17(21)20-14-6-4-3-5-13(14)18/h3-8,11,19H,9-10H2,1-2H3,(H,20,21). The third-order valence-electron chi connectivity index (χ3n) is 3.17. The first-order valence-corrected chi connectivity index (χ1v) is 7.41. The second-order valence-electron chi connectivity index (χ2n) is 4.91. The van der Waals surface area contributed by atoms with Gasteiger partial charge in [0.1, 0.15) is 5.75 Å². The van der Waals surface area contributed by atoms with Gasteiger partial charge in [0.2, 0.25) is 5.91 Å². The molecule has 2 aromatic rings. The Morgan fingerprint density at radius 3 is 2.68 bits per heavy atom. The van der Waals surface area contributed by atoms with Crippen molar-refractivity contribution in [3.63, 3.8) is 0 Å². The third-order valence-corrected chi connectivity index (χ3v) is 3.50. The second kappa shape index (κ2) is 7.71. The lowest BCUT2D eigenvalue weighted by Crippen LogP contribution is -2.16. The summed E-state index contributed by atoms with van der Waals surface area (Å²) in [5, 5.41) is 6.54. The quantitative estimate of drug-likeness (QED) is 0.843. The van der Waals surface area contributed by atoms with Crippen molar-refractivity contribution >= 4 is 28.9 Å². The predicted octanol–water partition coefficient (Wildman–Crippen LogP) is 4.10. The molecule has 1 amide bonds. The van der Waals surface area contributed by atoms with Crippen LogP contribution in [0.1, 0.15) is 12.0 Å². The van der Waals surface area contributed by atoms with E-state index in [2.05, 4.69) is 10.6 Å². The maximum atomic E-state index is 11.9. The van der Waals surface area contributed by atoms with Crippen LogP contribution >= 0.6 is 11.6 Å². The summed E-state index contributed by atoms with van der Waals surface area (Å²) < 4.78 is 5.29. The van der Waals surface area contributed by atoms with Crippen molar-refractivity contribution in [3.8, 4) is 5.75 Å². The number of carbonyl (C=O) groups excluding carboxylic acids is 1. The monoisotopic (exact) mass is 318 g/mol. The zero-order chi connectivity index (χ0) is 15.9. The van der Waals surface area contributed by atoms with Crippen LogP contribution in [0.15, 0.2) is 42.5 Å². The Kier molecular flexibility index (Phi) is 5.67. The van der Waals surface area contributed by atoms with Gasteiger partial charge in [0.15, 0.2) is 0 Å². The van der Waals surface area contributed by atoms with Gasteiger partial charge in [0, 0.05) is 13.0 Å². The predicted molar refractivity (Wildman–Crippen MR) is 90.9 cm³/mol. The molecule has 0 spiro atoms. The summed E-state index contributed by atoms with van der Waals surface area (Å²) in [7, 11) is 1.62. The number of nitrogens with one attached hydrogen (secondary N) is 2. The molecule has 5 heteroatoms. The summed E-state index contributed by atoms with van der Waals surface area (Å²) in [5.41, 5.74) is 2.64. The highest BCUT2D eigenvalue weighted by atomic mass is 35.5. The number of carbonyl (C=O) groups is 1. The van der Waals surface area contributed by atoms with E-state index >= 15 is 0 Å². The number of para-hydroxylation sites is 1. The van der Waals surface area contributed by atoms with Gasteiger partial charge in [-0.15, -0.1) is 0 Å². The highest BCUT2D eigenvalue weighted by Crippen LogP contribution is 2.25. The summed E-state index contributed by atoms with van der Waals surface area (Å²) >= 11 is 6.01. The van der Waals surface area contributed by atoms with Gasteiger partial charge in [-0.2, -0.15) is 0 Å². The minimum Gasteiger partial charge on any atom is -0.495 e. The average Bonchev–Trinajstić information content (AvgIpc) is 2.50. The number of hydrogen-bond donors (Lipinski definition) is 2. The minimum absolute atomic E-state index is 0.0905. The van der Waals surface area contributed by atoms with Gasteiger partial charge in [-0.1, -0.05) is 29.8 Å². The van der Waals surface area contributed by atoms with E-state index in [0.29, 0.717) is 23.7 Å². The molecule has 4 nitrogen and oxygen atoms in total. The van der Waals surface area contributed by atoms with Gasteiger partial charge in [-0.3, -0.25) is 4.79 Å². The van der Waals surface area contributed by atoms with Gasteiger partial charge in [-0.05, 0) is 36.8 Å². The Hall–Kier alpha value is -2.20. The van der Waals surface area contributed by atoms with Crippen LogP contribution in [0.5, 0.6) is 5.75 Å². The van der Waals surface area contributed by atoms with Crippen molar-refractivity contribution in [1.29, 1.82) is 0 Å². The molecule has 0 unspecified atom stereocenters. The number of halogens is 1. The Morgan fingerprint density at radius 1 is 1.18 bits per heavy atom. The fraction of sp³-hybridized carbons (Fsp3) is 0.235. The topological polar surface area (TPSA) is 50.4 Å². The molecule has 2 N–H and O–H groups in total. The fourth-order valence-electron chi connectivity index (χ4n) is 2.05. The Balaban J connectivity index is 1.87. The van der Waals surface area contributed by atoms with Crippen LogP contribution in [0.3, 0.4) is 0 Å². The van der Waals surface area contributed by atoms with Crippen molar-refractivity contribution in [3.05, 3.63) is 53.1 Å². The highest BCUT2D eigenvalue weighted by molar-refractivity contribution is 6.33. The molecule has 0 heterocycles. The molecule has 116 valence electrons. The number of anilines is 2. The lowest BCUT2D eigenvalue weighted by molar-refractivity contribution is -0.115. The molecule has 0 aliphatic rings. The molecule has 0 aromatic heterocycles. The van der Waals surface area contributed by atoms with E-state index in [9.17, 15) is 4.79 Å². The second-order valence-corrected chi connectivity index (χ2v) is 5.32. The van der Waals surface area contributed by atoms with Gasteiger partial charge in [-0.25, -0.2) is 0 Å². The lowest BCUT2D eigenvalue weighted by atomic mass is 10.2. The Labute approximate surface area is 135 Å². The molecular formula is C17H19ClN2O2. The molecule has 0 atom stereocenters. The molecule has 0 radical (unpaired) electrons. The molecule has 0 aliphatic carbocycles. The van der Waals surface area contributed by atoms with Crippen LogP contribution in [0.25, 0.3) is 0 Å². The number of amides is 1. The van der Waals surface area contributed by atoms with E-state index < -0.39 is 0 Å². The molecule has 0 bridgehead atoms. The lowest BCUT2D eigenvalue weighted by Gasteiger charge is -2.12. The van der Waals surface area contributed by atoms with Crippen molar-refractivity contribution in [2.45, 2.75) is 13.3 Å². The molecule has 0 saturated heterocycles. The van der Waals surface area contributed by atoms with Crippen LogP contribution in [0, 0.1) is 6.92 Å². The number of ether oxygens (including phenoxy) is 1. The molecule has 2 rings (SSSR count). The van der Waals surface area contributed by atoms with E-state index in [1.165, 1.54) is 0 Å². The normalized spacial score (nSPS) is 10.1. The molecule has 22 heavy (non-hydrogen) atoms. The number of hydrogen-bond acceptors (Lipinski definition) is 3. The van der Waals surface area contributed by atoms with E-state index in [1.807, 2.05) is 37.3 Å². The minimum atomic E-state index is -0.0905. The summed E-state index contributed by atoms with van der Waals surface area (Å²) in [5.74, 6) is 0.671. The summed E-state index contributed by atoms with van der Waals surface area (Å²) in [4.78, 5) is 11.9. The first-order valence-electron chi connectivity index (χ1n) is 7.03. The molecule has 0 fully saturated rings. The van der Waals surface area contributed by atoms with Crippen LogP contribution in [0.4, 0.5) is 11.4 Å². The first-order chi connectivity index (χ1) is 10.6. The van der Waals surface area contributed by atoms with Crippen molar-refractivity contribution < 1.29 is 9.53 Å². The maximum absolute atomic E-state index is 11.9. The highest BCUT2D eigenvalue weighted by Gasteiger charge is 2.07. The van der Waals surface area contributed by atoms with Crippen molar-refractivity contribution in [2.75, 3.05) is 24.3 Å². The van der Waals surface area contributed by atoms with Gasteiger partial charge >= 0.3 is 0 Å². The molecule has 2 aromatic carbocycles. The Morgan fingerprint density at radius 2 is 1.95 bits per heavy atom. The number of benzene rings is 2. The van der Waals surface area contributed by atoms with Crippen molar-refractivity contribution in [1.82, 2.24) is 0 Å².